The molecule has 5 heteroatoms. The van der Waals surface area contributed by atoms with Crippen molar-refractivity contribution in [1.29, 1.82) is 0 Å². The van der Waals surface area contributed by atoms with E-state index >= 15 is 0 Å². The highest BCUT2D eigenvalue weighted by Gasteiger charge is 2.27. The van der Waals surface area contributed by atoms with Crippen LogP contribution in [-0.2, 0) is 17.2 Å². The summed E-state index contributed by atoms with van der Waals surface area (Å²) in [5.41, 5.74) is 2.22. The van der Waals surface area contributed by atoms with Crippen LogP contribution in [0.25, 0.3) is 0 Å². The monoisotopic (exact) mass is 257 g/mol. The fourth-order valence-electron chi connectivity index (χ4n) is 2.35. The van der Waals surface area contributed by atoms with E-state index < -0.39 is 0 Å². The molecule has 1 saturated carbocycles. The van der Waals surface area contributed by atoms with E-state index in [0.29, 0.717) is 17.7 Å². The van der Waals surface area contributed by atoms with Crippen molar-refractivity contribution in [1.82, 2.24) is 15.0 Å². The minimum absolute atomic E-state index is 0.448. The number of halogens is 1. The normalized spacial score (nSPS) is 18.1. The second kappa shape index (κ2) is 5.83. The highest BCUT2D eigenvalue weighted by atomic mass is 35.5. The van der Waals surface area contributed by atoms with Crippen LogP contribution in [0, 0.1) is 5.92 Å². The van der Waals surface area contributed by atoms with Gasteiger partial charge >= 0.3 is 0 Å². The second-order valence-electron chi connectivity index (χ2n) is 4.93. The van der Waals surface area contributed by atoms with E-state index in [1.807, 2.05) is 4.68 Å². The van der Waals surface area contributed by atoms with Crippen molar-refractivity contribution in [2.45, 2.75) is 44.5 Å². The molecule has 0 aliphatic heterocycles. The van der Waals surface area contributed by atoms with Gasteiger partial charge in [-0.2, -0.15) is 0 Å². The van der Waals surface area contributed by atoms with Crippen molar-refractivity contribution in [3.63, 3.8) is 0 Å². The number of methoxy groups -OCH3 is 1. The largest absolute Gasteiger partial charge is 0.384 e. The summed E-state index contributed by atoms with van der Waals surface area (Å²) in [7, 11) is 1.73. The molecule has 1 aromatic rings. The van der Waals surface area contributed by atoms with Gasteiger partial charge in [0.15, 0.2) is 0 Å². The minimum Gasteiger partial charge on any atom is -0.384 e. The number of hydrogen-bond donors (Lipinski definition) is 0. The van der Waals surface area contributed by atoms with Gasteiger partial charge in [-0.3, -0.25) is 0 Å². The third kappa shape index (κ3) is 2.80. The first-order valence-electron chi connectivity index (χ1n) is 6.23. The highest BCUT2D eigenvalue weighted by molar-refractivity contribution is 6.16. The van der Waals surface area contributed by atoms with Crippen LogP contribution < -0.4 is 0 Å². The molecule has 0 radical (unpaired) electrons. The van der Waals surface area contributed by atoms with E-state index in [-0.39, 0.29) is 0 Å². The van der Waals surface area contributed by atoms with Gasteiger partial charge in [0, 0.05) is 19.6 Å². The van der Waals surface area contributed by atoms with Crippen molar-refractivity contribution in [3.8, 4) is 0 Å². The van der Waals surface area contributed by atoms with Gasteiger partial charge in [0.05, 0.1) is 18.2 Å². The van der Waals surface area contributed by atoms with Crippen molar-refractivity contribution in [3.05, 3.63) is 11.4 Å². The first-order chi connectivity index (χ1) is 8.26. The predicted molar refractivity (Wildman–Crippen MR) is 67.2 cm³/mol. The highest BCUT2D eigenvalue weighted by Crippen LogP contribution is 2.37. The molecule has 1 atom stereocenters. The Bertz CT molecular complexity index is 363. The van der Waals surface area contributed by atoms with Crippen molar-refractivity contribution in [2.75, 3.05) is 13.7 Å². The Labute approximate surface area is 107 Å². The van der Waals surface area contributed by atoms with E-state index in [4.69, 9.17) is 16.3 Å². The van der Waals surface area contributed by atoms with Crippen LogP contribution >= 0.6 is 11.6 Å². The molecule has 0 amide bonds. The summed E-state index contributed by atoms with van der Waals surface area (Å²) >= 11 is 5.93. The molecule has 4 nitrogen and oxygen atoms in total. The summed E-state index contributed by atoms with van der Waals surface area (Å²) in [5, 5.41) is 8.43. The lowest BCUT2D eigenvalue weighted by Gasteiger charge is -2.27. The minimum atomic E-state index is 0.448. The van der Waals surface area contributed by atoms with Gasteiger partial charge in [0.2, 0.25) is 0 Å². The summed E-state index contributed by atoms with van der Waals surface area (Å²) in [5.74, 6) is 1.53. The maximum atomic E-state index is 5.93. The molecule has 1 fully saturated rings. The molecule has 1 aliphatic carbocycles. The summed E-state index contributed by atoms with van der Waals surface area (Å²) in [6, 6.07) is 0. The van der Waals surface area contributed by atoms with Gasteiger partial charge in [-0.15, -0.1) is 16.7 Å². The second-order valence-corrected chi connectivity index (χ2v) is 5.19. The van der Waals surface area contributed by atoms with E-state index in [0.717, 1.165) is 18.8 Å². The van der Waals surface area contributed by atoms with Gasteiger partial charge in [-0.1, -0.05) is 18.6 Å². The van der Waals surface area contributed by atoms with Crippen LogP contribution in [0.2, 0.25) is 0 Å². The molecule has 0 bridgehead atoms. The third-order valence-electron chi connectivity index (χ3n) is 3.40. The Balaban J connectivity index is 2.12. The van der Waals surface area contributed by atoms with Crippen molar-refractivity contribution < 1.29 is 4.74 Å². The Hall–Kier alpha value is -0.610. The SMILES string of the molecule is COCC(C)Cn1nnc(CCl)c1C1CCC1. The lowest BCUT2D eigenvalue weighted by Crippen LogP contribution is -2.20. The van der Waals surface area contributed by atoms with Crippen molar-refractivity contribution >= 4 is 11.6 Å². The molecule has 0 saturated heterocycles. The lowest BCUT2D eigenvalue weighted by molar-refractivity contribution is 0.147. The summed E-state index contributed by atoms with van der Waals surface area (Å²) in [4.78, 5) is 0. The number of ether oxygens (including phenoxy) is 1. The van der Waals surface area contributed by atoms with Crippen LogP contribution in [-0.4, -0.2) is 28.7 Å². The molecule has 1 aromatic heterocycles. The van der Waals surface area contributed by atoms with Crippen molar-refractivity contribution in [2.24, 2.45) is 5.92 Å². The zero-order chi connectivity index (χ0) is 12.3. The van der Waals surface area contributed by atoms with Crippen LogP contribution in [0.15, 0.2) is 0 Å². The zero-order valence-corrected chi connectivity index (χ0v) is 11.3. The molecule has 0 N–H and O–H groups in total. The molecule has 0 spiro atoms. The van der Waals surface area contributed by atoms with Crippen LogP contribution in [0.3, 0.4) is 0 Å². The Kier molecular flexibility index (Phi) is 4.40. The fraction of sp³-hybridized carbons (Fsp3) is 0.833. The molecule has 0 aromatic carbocycles. The van der Waals surface area contributed by atoms with E-state index in [9.17, 15) is 0 Å². The number of rotatable bonds is 6. The first-order valence-corrected chi connectivity index (χ1v) is 6.76. The van der Waals surface area contributed by atoms with Gasteiger partial charge in [-0.05, 0) is 18.8 Å². The number of nitrogens with zero attached hydrogens (tertiary/aromatic N) is 3. The number of aromatic nitrogens is 3. The standard InChI is InChI=1S/C12H20ClN3O/c1-9(8-17-2)7-16-12(10-4-3-5-10)11(6-13)14-15-16/h9-10H,3-8H2,1-2H3. The molecule has 1 heterocycles. The average Bonchev–Trinajstić information content (AvgIpc) is 2.60. The van der Waals surface area contributed by atoms with E-state index in [1.54, 1.807) is 7.11 Å². The molecule has 17 heavy (non-hydrogen) atoms. The Morgan fingerprint density at radius 3 is 2.82 bits per heavy atom. The van der Waals surface area contributed by atoms with Crippen LogP contribution in [0.5, 0.6) is 0 Å². The topological polar surface area (TPSA) is 39.9 Å². The quantitative estimate of drug-likeness (QED) is 0.736. The maximum Gasteiger partial charge on any atom is 0.101 e. The molecule has 1 unspecified atom stereocenters. The zero-order valence-electron chi connectivity index (χ0n) is 10.5. The summed E-state index contributed by atoms with van der Waals surface area (Å²) < 4.78 is 7.20. The molecular weight excluding hydrogens is 238 g/mol. The van der Waals surface area contributed by atoms with Crippen LogP contribution in [0.1, 0.15) is 43.5 Å². The van der Waals surface area contributed by atoms with Gasteiger partial charge in [0.25, 0.3) is 0 Å². The van der Waals surface area contributed by atoms with E-state index in [1.165, 1.54) is 25.0 Å². The molecule has 2 rings (SSSR count). The van der Waals surface area contributed by atoms with Gasteiger partial charge in [0.1, 0.15) is 5.69 Å². The average molecular weight is 258 g/mol. The maximum absolute atomic E-state index is 5.93. The third-order valence-corrected chi connectivity index (χ3v) is 3.65. The fourth-order valence-corrected chi connectivity index (χ4v) is 2.54. The molecule has 96 valence electrons. The summed E-state index contributed by atoms with van der Waals surface area (Å²) in [6.07, 6.45) is 3.80. The Morgan fingerprint density at radius 2 is 2.29 bits per heavy atom. The smallest absolute Gasteiger partial charge is 0.101 e. The number of hydrogen-bond acceptors (Lipinski definition) is 3. The van der Waals surface area contributed by atoms with Crippen LogP contribution in [0.4, 0.5) is 0 Å². The molecular formula is C12H20ClN3O. The first kappa shape index (κ1) is 12.8. The lowest BCUT2D eigenvalue weighted by atomic mass is 9.82. The summed E-state index contributed by atoms with van der Waals surface area (Å²) in [6.45, 7) is 3.78. The van der Waals surface area contributed by atoms with Gasteiger partial charge in [-0.25, -0.2) is 4.68 Å². The van der Waals surface area contributed by atoms with Gasteiger partial charge < -0.3 is 4.74 Å². The molecule has 1 aliphatic rings. The van der Waals surface area contributed by atoms with E-state index in [2.05, 4.69) is 17.2 Å². The Morgan fingerprint density at radius 1 is 1.53 bits per heavy atom. The number of alkyl halides is 1. The predicted octanol–water partition coefficient (Wildman–Crippen LogP) is 2.57.